The third-order valence-electron chi connectivity index (χ3n) is 1.99. The predicted octanol–water partition coefficient (Wildman–Crippen LogP) is 2.40. The SMILES string of the molecule is Cc1cc(C)cc(C(=S)C(S)C(=O)O)c1. The number of hydrogen-bond acceptors (Lipinski definition) is 3. The largest absolute Gasteiger partial charge is 0.480 e. The fourth-order valence-electron chi connectivity index (χ4n) is 1.39. The zero-order chi connectivity index (χ0) is 11.6. The lowest BCUT2D eigenvalue weighted by molar-refractivity contribution is -0.135. The Kier molecular flexibility index (Phi) is 3.88. The van der Waals surface area contributed by atoms with Crippen LogP contribution in [0, 0.1) is 13.8 Å². The molecule has 2 nitrogen and oxygen atoms in total. The maximum absolute atomic E-state index is 10.7. The fourth-order valence-corrected chi connectivity index (χ4v) is 1.75. The van der Waals surface area contributed by atoms with Gasteiger partial charge in [-0.25, -0.2) is 0 Å². The van der Waals surface area contributed by atoms with Crippen molar-refractivity contribution in [2.45, 2.75) is 19.1 Å². The van der Waals surface area contributed by atoms with Gasteiger partial charge in [0.1, 0.15) is 5.25 Å². The Morgan fingerprint density at radius 3 is 2.20 bits per heavy atom. The molecule has 0 heterocycles. The second-order valence-electron chi connectivity index (χ2n) is 3.48. The van der Waals surface area contributed by atoms with Crippen LogP contribution < -0.4 is 0 Å². The van der Waals surface area contributed by atoms with Gasteiger partial charge in [-0.3, -0.25) is 4.79 Å². The molecule has 4 heteroatoms. The smallest absolute Gasteiger partial charge is 0.321 e. The van der Waals surface area contributed by atoms with Gasteiger partial charge in [-0.1, -0.05) is 41.5 Å². The number of benzene rings is 1. The molecule has 15 heavy (non-hydrogen) atoms. The van der Waals surface area contributed by atoms with Crippen molar-refractivity contribution in [2.75, 3.05) is 0 Å². The van der Waals surface area contributed by atoms with Crippen molar-refractivity contribution in [3.8, 4) is 0 Å². The number of aryl methyl sites for hydroxylation is 2. The van der Waals surface area contributed by atoms with Gasteiger partial charge in [0.25, 0.3) is 0 Å². The lowest BCUT2D eigenvalue weighted by atomic mass is 10.0. The summed E-state index contributed by atoms with van der Waals surface area (Å²) in [5.41, 5.74) is 2.90. The number of thiol groups is 1. The molecule has 0 spiro atoms. The van der Waals surface area contributed by atoms with Gasteiger partial charge in [0.05, 0.1) is 0 Å². The Bertz CT molecular complexity index is 393. The number of rotatable bonds is 3. The topological polar surface area (TPSA) is 37.3 Å². The van der Waals surface area contributed by atoms with Crippen LogP contribution in [0.4, 0.5) is 0 Å². The van der Waals surface area contributed by atoms with Crippen LogP contribution in [0.2, 0.25) is 0 Å². The Labute approximate surface area is 99.7 Å². The molecule has 0 amide bonds. The minimum Gasteiger partial charge on any atom is -0.480 e. The van der Waals surface area contributed by atoms with Gasteiger partial charge in [0, 0.05) is 4.86 Å². The van der Waals surface area contributed by atoms with E-state index in [-0.39, 0.29) is 0 Å². The molecule has 1 aromatic carbocycles. The van der Waals surface area contributed by atoms with E-state index in [4.69, 9.17) is 17.3 Å². The second-order valence-corrected chi connectivity index (χ2v) is 4.44. The first-order valence-electron chi connectivity index (χ1n) is 4.45. The molecule has 0 bridgehead atoms. The van der Waals surface area contributed by atoms with Gasteiger partial charge in [0.15, 0.2) is 0 Å². The average Bonchev–Trinajstić information content (AvgIpc) is 2.13. The van der Waals surface area contributed by atoms with E-state index >= 15 is 0 Å². The average molecular weight is 240 g/mol. The molecule has 1 atom stereocenters. The van der Waals surface area contributed by atoms with Crippen molar-refractivity contribution >= 4 is 35.7 Å². The fraction of sp³-hybridized carbons (Fsp3) is 0.273. The molecule has 1 N–H and O–H groups in total. The molecule has 0 aliphatic carbocycles. The van der Waals surface area contributed by atoms with E-state index in [0.717, 1.165) is 16.7 Å². The van der Waals surface area contributed by atoms with E-state index in [1.165, 1.54) is 0 Å². The van der Waals surface area contributed by atoms with Gasteiger partial charge in [-0.2, -0.15) is 12.6 Å². The monoisotopic (exact) mass is 240 g/mol. The summed E-state index contributed by atoms with van der Waals surface area (Å²) in [6.45, 7) is 3.90. The molecule has 0 radical (unpaired) electrons. The molecular formula is C11H12O2S2. The van der Waals surface area contributed by atoms with Gasteiger partial charge in [-0.05, 0) is 19.4 Å². The Hall–Kier alpha value is -0.870. The van der Waals surface area contributed by atoms with E-state index < -0.39 is 11.2 Å². The Balaban J connectivity index is 3.06. The standard InChI is InChI=1S/C11H12O2S2/c1-6-3-7(2)5-8(4-6)9(14)10(15)11(12)13/h3-5,10,15H,1-2H3,(H,12,13). The first-order chi connectivity index (χ1) is 6.91. The summed E-state index contributed by atoms with van der Waals surface area (Å²) in [6, 6.07) is 5.77. The van der Waals surface area contributed by atoms with Crippen LogP contribution in [0.1, 0.15) is 16.7 Å². The minimum absolute atomic E-state index is 0.359. The van der Waals surface area contributed by atoms with Crippen molar-refractivity contribution in [3.63, 3.8) is 0 Å². The summed E-state index contributed by atoms with van der Waals surface area (Å²) >= 11 is 9.04. The summed E-state index contributed by atoms with van der Waals surface area (Å²) < 4.78 is 0. The maximum atomic E-state index is 10.7. The molecule has 0 fully saturated rings. The summed E-state index contributed by atoms with van der Waals surface area (Å²) in [7, 11) is 0. The van der Waals surface area contributed by atoms with Crippen LogP contribution in [-0.4, -0.2) is 21.2 Å². The van der Waals surface area contributed by atoms with E-state index in [0.29, 0.717) is 4.86 Å². The zero-order valence-electron chi connectivity index (χ0n) is 8.52. The lowest BCUT2D eigenvalue weighted by Gasteiger charge is -2.09. The van der Waals surface area contributed by atoms with Crippen molar-refractivity contribution in [1.82, 2.24) is 0 Å². The number of carboxylic acid groups (broad SMARTS) is 1. The molecule has 1 rings (SSSR count). The first-order valence-corrected chi connectivity index (χ1v) is 5.37. The molecule has 1 unspecified atom stereocenters. The minimum atomic E-state index is -1.01. The van der Waals surface area contributed by atoms with Crippen molar-refractivity contribution in [2.24, 2.45) is 0 Å². The highest BCUT2D eigenvalue weighted by atomic mass is 32.1. The molecule has 0 saturated carbocycles. The summed E-state index contributed by atoms with van der Waals surface area (Å²) in [4.78, 5) is 11.1. The van der Waals surface area contributed by atoms with Gasteiger partial charge in [0.2, 0.25) is 0 Å². The van der Waals surface area contributed by atoms with Crippen LogP contribution >= 0.6 is 24.8 Å². The first kappa shape index (κ1) is 12.2. The molecular weight excluding hydrogens is 228 g/mol. The van der Waals surface area contributed by atoms with E-state index in [1.54, 1.807) is 0 Å². The van der Waals surface area contributed by atoms with Crippen LogP contribution in [0.15, 0.2) is 18.2 Å². The summed E-state index contributed by atoms with van der Waals surface area (Å²) in [6.07, 6.45) is 0. The highest BCUT2D eigenvalue weighted by Crippen LogP contribution is 2.14. The molecule has 0 aliphatic rings. The normalized spacial score (nSPS) is 12.2. The molecule has 0 saturated heterocycles. The quantitative estimate of drug-likeness (QED) is 0.484. The lowest BCUT2D eigenvalue weighted by Crippen LogP contribution is -2.23. The van der Waals surface area contributed by atoms with Crippen LogP contribution in [-0.2, 0) is 4.79 Å². The molecule has 0 aliphatic heterocycles. The Morgan fingerprint density at radius 2 is 1.80 bits per heavy atom. The van der Waals surface area contributed by atoms with E-state index in [1.807, 2.05) is 32.0 Å². The van der Waals surface area contributed by atoms with Crippen molar-refractivity contribution in [3.05, 3.63) is 34.9 Å². The van der Waals surface area contributed by atoms with E-state index in [9.17, 15) is 4.79 Å². The number of hydrogen-bond donors (Lipinski definition) is 2. The summed E-state index contributed by atoms with van der Waals surface area (Å²) in [5.74, 6) is -1.01. The van der Waals surface area contributed by atoms with Crippen LogP contribution in [0.3, 0.4) is 0 Å². The third kappa shape index (κ3) is 3.04. The van der Waals surface area contributed by atoms with Gasteiger partial charge < -0.3 is 5.11 Å². The summed E-state index contributed by atoms with van der Waals surface area (Å²) in [5, 5.41) is 7.87. The van der Waals surface area contributed by atoms with Crippen molar-refractivity contribution in [1.29, 1.82) is 0 Å². The van der Waals surface area contributed by atoms with Gasteiger partial charge >= 0.3 is 5.97 Å². The third-order valence-corrected chi connectivity index (χ3v) is 3.11. The van der Waals surface area contributed by atoms with Crippen LogP contribution in [0.5, 0.6) is 0 Å². The molecule has 0 aromatic heterocycles. The second kappa shape index (κ2) is 4.77. The number of carbonyl (C=O) groups is 1. The number of thiocarbonyl (C=S) groups is 1. The molecule has 1 aromatic rings. The highest BCUT2D eigenvalue weighted by Gasteiger charge is 2.19. The molecule has 80 valence electrons. The number of carboxylic acids is 1. The van der Waals surface area contributed by atoms with Gasteiger partial charge in [-0.15, -0.1) is 0 Å². The maximum Gasteiger partial charge on any atom is 0.321 e. The predicted molar refractivity (Wildman–Crippen MR) is 68.0 cm³/mol. The van der Waals surface area contributed by atoms with Crippen molar-refractivity contribution < 1.29 is 9.90 Å². The zero-order valence-corrected chi connectivity index (χ0v) is 10.2. The highest BCUT2D eigenvalue weighted by molar-refractivity contribution is 7.87. The van der Waals surface area contributed by atoms with Crippen LogP contribution in [0.25, 0.3) is 0 Å². The number of aliphatic carboxylic acids is 1. The van der Waals surface area contributed by atoms with E-state index in [2.05, 4.69) is 12.6 Å². The Morgan fingerprint density at radius 1 is 1.33 bits per heavy atom.